The van der Waals surface area contributed by atoms with E-state index in [2.05, 4.69) is 5.16 Å². The van der Waals surface area contributed by atoms with Crippen LogP contribution in [0.1, 0.15) is 50.7 Å². The Bertz CT molecular complexity index is 992. The minimum absolute atomic E-state index is 0.0599. The van der Waals surface area contributed by atoms with Gasteiger partial charge >= 0.3 is 5.97 Å². The van der Waals surface area contributed by atoms with Crippen LogP contribution in [0, 0.1) is 5.92 Å². The molecule has 1 unspecified atom stereocenters. The number of para-hydroxylation sites is 2. The molecule has 1 aliphatic carbocycles. The van der Waals surface area contributed by atoms with E-state index >= 15 is 0 Å². The monoisotopic (exact) mass is 437 g/mol. The molecule has 2 aromatic carbocycles. The van der Waals surface area contributed by atoms with E-state index < -0.39 is 5.97 Å². The molecule has 1 fully saturated rings. The van der Waals surface area contributed by atoms with Crippen LogP contribution in [0.2, 0.25) is 0 Å². The van der Waals surface area contributed by atoms with Gasteiger partial charge in [0.2, 0.25) is 0 Å². The van der Waals surface area contributed by atoms with Gasteiger partial charge < -0.3 is 24.2 Å². The van der Waals surface area contributed by atoms with Crippen LogP contribution in [0.3, 0.4) is 0 Å². The minimum atomic E-state index is -1.08. The van der Waals surface area contributed by atoms with E-state index in [4.69, 9.17) is 24.2 Å². The zero-order valence-corrected chi connectivity index (χ0v) is 18.0. The summed E-state index contributed by atoms with van der Waals surface area (Å²) < 4.78 is 17.2. The average Bonchev–Trinajstić information content (AvgIpc) is 2.84. The summed E-state index contributed by atoms with van der Waals surface area (Å²) in [6.07, 6.45) is 6.86. The molecule has 0 aromatic heterocycles. The second-order valence-electron chi connectivity index (χ2n) is 8.01. The van der Waals surface area contributed by atoms with E-state index in [1.165, 1.54) is 13.3 Å². The van der Waals surface area contributed by atoms with Gasteiger partial charge in [-0.25, -0.2) is 4.79 Å². The zero-order valence-electron chi connectivity index (χ0n) is 18.0. The van der Waals surface area contributed by atoms with Gasteiger partial charge in [-0.05, 0) is 49.6 Å². The number of hydrogen-bond donors (Lipinski definition) is 1. The highest BCUT2D eigenvalue weighted by molar-refractivity contribution is 6.34. The van der Waals surface area contributed by atoms with Crippen molar-refractivity contribution in [2.24, 2.45) is 11.1 Å². The van der Waals surface area contributed by atoms with Crippen LogP contribution in [-0.2, 0) is 9.63 Å². The summed E-state index contributed by atoms with van der Waals surface area (Å²) in [5.74, 6) is 1.82. The van der Waals surface area contributed by atoms with Crippen molar-refractivity contribution in [1.82, 2.24) is 0 Å². The lowest BCUT2D eigenvalue weighted by atomic mass is 9.83. The Morgan fingerprint density at radius 2 is 1.81 bits per heavy atom. The Kier molecular flexibility index (Phi) is 6.94. The fraction of sp³-hybridized carbons (Fsp3) is 0.360. The van der Waals surface area contributed by atoms with Gasteiger partial charge in [-0.15, -0.1) is 0 Å². The number of benzene rings is 2. The lowest BCUT2D eigenvalue weighted by molar-refractivity contribution is -0.129. The number of fused-ring (bicyclic) bond motifs is 1. The Balaban J connectivity index is 1.40. The molecule has 1 aliphatic heterocycles. The molecule has 4 rings (SSSR count). The molecule has 1 saturated carbocycles. The predicted molar refractivity (Wildman–Crippen MR) is 119 cm³/mol. The highest BCUT2D eigenvalue weighted by Gasteiger charge is 2.27. The van der Waals surface area contributed by atoms with Gasteiger partial charge in [0.25, 0.3) is 0 Å². The third-order valence-corrected chi connectivity index (χ3v) is 5.69. The number of carbonyl (C=O) groups is 1. The van der Waals surface area contributed by atoms with Crippen LogP contribution in [0.15, 0.2) is 65.7 Å². The first-order valence-electron chi connectivity index (χ1n) is 10.9. The third-order valence-electron chi connectivity index (χ3n) is 5.69. The van der Waals surface area contributed by atoms with Crippen LogP contribution in [0.5, 0.6) is 17.2 Å². The Labute approximate surface area is 187 Å². The number of carboxylic acids is 1. The Morgan fingerprint density at radius 1 is 1.09 bits per heavy atom. The van der Waals surface area contributed by atoms with Crippen molar-refractivity contribution < 1.29 is 28.9 Å². The molecule has 1 atom stereocenters. The maximum Gasteiger partial charge on any atom is 0.353 e. The average molecular weight is 437 g/mol. The lowest BCUT2D eigenvalue weighted by Crippen LogP contribution is -2.19. The van der Waals surface area contributed by atoms with E-state index in [1.807, 2.05) is 48.5 Å². The van der Waals surface area contributed by atoms with Gasteiger partial charge in [0.1, 0.15) is 18.6 Å². The quantitative estimate of drug-likeness (QED) is 0.435. The fourth-order valence-corrected chi connectivity index (χ4v) is 3.93. The van der Waals surface area contributed by atoms with Crippen LogP contribution in [0.4, 0.5) is 0 Å². The number of oxime groups is 1. The largest absolute Gasteiger partial charge is 0.486 e. The highest BCUT2D eigenvalue weighted by Crippen LogP contribution is 2.38. The minimum Gasteiger partial charge on any atom is -0.486 e. The second-order valence-corrected chi connectivity index (χ2v) is 8.01. The summed E-state index contributed by atoms with van der Waals surface area (Å²) in [7, 11) is 0. The second kappa shape index (κ2) is 10.2. The molecule has 7 nitrogen and oxygen atoms in total. The molecule has 32 heavy (non-hydrogen) atoms. The maximum atomic E-state index is 11.1. The van der Waals surface area contributed by atoms with E-state index in [9.17, 15) is 4.79 Å². The number of aliphatic carboxylic acids is 1. The zero-order chi connectivity index (χ0) is 22.3. The first-order chi connectivity index (χ1) is 15.6. The number of nitrogens with zero attached hydrogens (tertiary/aromatic N) is 1. The number of rotatable bonds is 8. The van der Waals surface area contributed by atoms with E-state index in [1.54, 1.807) is 6.26 Å². The summed E-state index contributed by atoms with van der Waals surface area (Å²) >= 11 is 0. The normalized spacial score (nSPS) is 17.3. The van der Waals surface area contributed by atoms with Crippen LogP contribution in [-0.4, -0.2) is 23.4 Å². The van der Waals surface area contributed by atoms with Crippen molar-refractivity contribution in [3.63, 3.8) is 0 Å². The standard InChI is InChI=1S/C25H27NO6/c1-17(25(27)28)26-32-24(18-7-3-2-4-8-18)19-11-13-20(14-12-19)29-15-21-16-30-22-9-5-6-10-23(22)31-21/h5-6,9-14,16,18,24H,2-4,7-8,15H2,1H3,(H,27,28)/b26-17+. The van der Waals surface area contributed by atoms with Crippen molar-refractivity contribution in [3.8, 4) is 17.2 Å². The van der Waals surface area contributed by atoms with Gasteiger partial charge in [-0.1, -0.05) is 48.7 Å². The molecule has 168 valence electrons. The molecule has 0 spiro atoms. The topological polar surface area (TPSA) is 86.6 Å². The Hall–Kier alpha value is -3.48. The van der Waals surface area contributed by atoms with Crippen LogP contribution < -0.4 is 14.2 Å². The van der Waals surface area contributed by atoms with Crippen molar-refractivity contribution in [3.05, 3.63) is 66.1 Å². The lowest BCUT2D eigenvalue weighted by Gasteiger charge is -2.29. The van der Waals surface area contributed by atoms with E-state index in [0.29, 0.717) is 28.9 Å². The molecule has 0 saturated heterocycles. The molecule has 0 radical (unpaired) electrons. The van der Waals surface area contributed by atoms with Crippen LogP contribution >= 0.6 is 0 Å². The fourth-order valence-electron chi connectivity index (χ4n) is 3.93. The number of carboxylic acid groups (broad SMARTS) is 1. The van der Waals surface area contributed by atoms with Gasteiger partial charge in [-0.2, -0.15) is 0 Å². The van der Waals surface area contributed by atoms with Crippen molar-refractivity contribution in [2.45, 2.75) is 45.1 Å². The van der Waals surface area contributed by atoms with Crippen molar-refractivity contribution in [1.29, 1.82) is 0 Å². The summed E-state index contributed by atoms with van der Waals surface area (Å²) in [6, 6.07) is 15.1. The Morgan fingerprint density at radius 3 is 2.53 bits per heavy atom. The molecule has 1 N–H and O–H groups in total. The molecule has 7 heteroatoms. The number of hydrogen-bond acceptors (Lipinski definition) is 6. The maximum absolute atomic E-state index is 11.1. The molecule has 0 amide bonds. The third kappa shape index (κ3) is 5.41. The molecular weight excluding hydrogens is 410 g/mol. The van der Waals surface area contributed by atoms with E-state index in [-0.39, 0.29) is 18.4 Å². The first kappa shape index (κ1) is 21.7. The highest BCUT2D eigenvalue weighted by atomic mass is 16.6. The van der Waals surface area contributed by atoms with Crippen LogP contribution in [0.25, 0.3) is 0 Å². The number of ether oxygens (including phenoxy) is 3. The van der Waals surface area contributed by atoms with Gasteiger partial charge in [0, 0.05) is 5.92 Å². The van der Waals surface area contributed by atoms with Gasteiger partial charge in [0.15, 0.2) is 29.1 Å². The molecule has 2 aliphatic rings. The smallest absolute Gasteiger partial charge is 0.353 e. The molecule has 1 heterocycles. The summed E-state index contributed by atoms with van der Waals surface area (Å²) in [5, 5.41) is 12.9. The predicted octanol–water partition coefficient (Wildman–Crippen LogP) is 5.48. The summed E-state index contributed by atoms with van der Waals surface area (Å²) in [6.45, 7) is 1.67. The summed E-state index contributed by atoms with van der Waals surface area (Å²) in [4.78, 5) is 16.8. The van der Waals surface area contributed by atoms with E-state index in [0.717, 1.165) is 31.2 Å². The first-order valence-corrected chi connectivity index (χ1v) is 10.9. The molecule has 0 bridgehead atoms. The van der Waals surface area contributed by atoms with Crippen molar-refractivity contribution in [2.75, 3.05) is 6.61 Å². The molecular formula is C25H27NO6. The van der Waals surface area contributed by atoms with Crippen molar-refractivity contribution >= 4 is 11.7 Å². The van der Waals surface area contributed by atoms with Gasteiger partial charge in [-0.3, -0.25) is 0 Å². The molecule has 2 aromatic rings. The SMILES string of the molecule is C/C(=N\OC(c1ccc(OCC2=COc3ccccc3O2)cc1)C1CCCCC1)C(=O)O. The summed E-state index contributed by atoms with van der Waals surface area (Å²) in [5.41, 5.74) is 0.895. The van der Waals surface area contributed by atoms with Gasteiger partial charge in [0.05, 0.1) is 0 Å².